The summed E-state index contributed by atoms with van der Waals surface area (Å²) in [5, 5.41) is 4.12. The van der Waals surface area contributed by atoms with Crippen LogP contribution in [0.25, 0.3) is 0 Å². The van der Waals surface area contributed by atoms with E-state index in [4.69, 9.17) is 18.0 Å². The van der Waals surface area contributed by atoms with E-state index >= 15 is 0 Å². The minimum Gasteiger partial charge on any atom is -0.297 e. The first-order chi connectivity index (χ1) is 7.17. The number of rotatable bonds is 4. The van der Waals surface area contributed by atoms with Gasteiger partial charge in [0.25, 0.3) is 0 Å². The molecule has 0 fully saturated rings. The number of benzene rings is 1. The number of hydrogen-bond acceptors (Lipinski definition) is 1. The molecule has 1 aromatic carbocycles. The van der Waals surface area contributed by atoms with Gasteiger partial charge in [-0.2, -0.15) is 0 Å². The average molecular weight is 222 g/mol. The summed E-state index contributed by atoms with van der Waals surface area (Å²) in [6.07, 6.45) is 6.33. The van der Waals surface area contributed by atoms with Gasteiger partial charge in [0, 0.05) is 11.1 Å². The molecule has 1 aromatic rings. The third-order valence-electron chi connectivity index (χ3n) is 2.41. The first kappa shape index (κ1) is 12.1. The van der Waals surface area contributed by atoms with Crippen LogP contribution in [0.15, 0.2) is 24.3 Å². The van der Waals surface area contributed by atoms with E-state index in [1.165, 1.54) is 0 Å². The molecule has 0 bridgehead atoms. The Morgan fingerprint density at radius 3 is 2.80 bits per heavy atom. The molecule has 2 unspecified atom stereocenters. The summed E-state index contributed by atoms with van der Waals surface area (Å²) in [6, 6.07) is 8.18. The molecule has 0 aliphatic carbocycles. The van der Waals surface area contributed by atoms with Gasteiger partial charge in [0.1, 0.15) is 0 Å². The van der Waals surface area contributed by atoms with Crippen LogP contribution >= 0.6 is 11.6 Å². The quantitative estimate of drug-likeness (QED) is 0.769. The SMILES string of the molecule is C#CC(CC)NC(C)c1cccc(Cl)c1. The Morgan fingerprint density at radius 2 is 2.27 bits per heavy atom. The molecule has 0 saturated carbocycles. The van der Waals surface area contributed by atoms with Gasteiger partial charge in [0.05, 0.1) is 6.04 Å². The van der Waals surface area contributed by atoms with E-state index in [0.717, 1.165) is 17.0 Å². The molecular weight excluding hydrogens is 206 g/mol. The van der Waals surface area contributed by atoms with Gasteiger partial charge >= 0.3 is 0 Å². The van der Waals surface area contributed by atoms with E-state index < -0.39 is 0 Å². The lowest BCUT2D eigenvalue weighted by Gasteiger charge is -2.18. The minimum atomic E-state index is 0.124. The molecule has 0 saturated heterocycles. The van der Waals surface area contributed by atoms with Crippen LogP contribution in [0.5, 0.6) is 0 Å². The van der Waals surface area contributed by atoms with Crippen molar-refractivity contribution in [3.63, 3.8) is 0 Å². The first-order valence-corrected chi connectivity index (χ1v) is 5.52. The zero-order valence-electron chi connectivity index (χ0n) is 9.13. The van der Waals surface area contributed by atoms with Gasteiger partial charge in [0.15, 0.2) is 0 Å². The second kappa shape index (κ2) is 5.80. The van der Waals surface area contributed by atoms with E-state index in [1.54, 1.807) is 0 Å². The highest BCUT2D eigenvalue weighted by atomic mass is 35.5. The number of hydrogen-bond donors (Lipinski definition) is 1. The van der Waals surface area contributed by atoms with E-state index in [1.807, 2.05) is 24.3 Å². The summed E-state index contributed by atoms with van der Waals surface area (Å²) in [4.78, 5) is 0. The molecule has 0 aliphatic rings. The van der Waals surface area contributed by atoms with Gasteiger partial charge in [-0.1, -0.05) is 36.6 Å². The fourth-order valence-electron chi connectivity index (χ4n) is 1.46. The van der Waals surface area contributed by atoms with Crippen molar-refractivity contribution in [3.05, 3.63) is 34.9 Å². The predicted octanol–water partition coefficient (Wildman–Crippen LogP) is 3.40. The highest BCUT2D eigenvalue weighted by Gasteiger charge is 2.09. The van der Waals surface area contributed by atoms with Crippen LogP contribution in [-0.4, -0.2) is 6.04 Å². The van der Waals surface area contributed by atoms with E-state index in [0.29, 0.717) is 0 Å². The van der Waals surface area contributed by atoms with Crippen molar-refractivity contribution < 1.29 is 0 Å². The maximum Gasteiger partial charge on any atom is 0.0688 e. The van der Waals surface area contributed by atoms with Crippen molar-refractivity contribution in [3.8, 4) is 12.3 Å². The third-order valence-corrected chi connectivity index (χ3v) is 2.64. The van der Waals surface area contributed by atoms with Crippen molar-refractivity contribution in [2.45, 2.75) is 32.4 Å². The molecule has 15 heavy (non-hydrogen) atoms. The van der Waals surface area contributed by atoms with Gasteiger partial charge in [-0.3, -0.25) is 5.32 Å². The molecule has 2 heteroatoms. The van der Waals surface area contributed by atoms with Crippen LogP contribution in [0.4, 0.5) is 0 Å². The van der Waals surface area contributed by atoms with Crippen LogP contribution in [0.1, 0.15) is 31.9 Å². The summed E-state index contributed by atoms with van der Waals surface area (Å²) in [5.41, 5.74) is 1.16. The van der Waals surface area contributed by atoms with Crippen molar-refractivity contribution >= 4 is 11.6 Å². The molecule has 0 radical (unpaired) electrons. The largest absolute Gasteiger partial charge is 0.297 e. The number of nitrogens with one attached hydrogen (secondary N) is 1. The summed E-state index contributed by atoms with van der Waals surface area (Å²) >= 11 is 5.93. The molecule has 80 valence electrons. The maximum absolute atomic E-state index is 5.93. The van der Waals surface area contributed by atoms with Crippen LogP contribution in [-0.2, 0) is 0 Å². The lowest BCUT2D eigenvalue weighted by atomic mass is 10.1. The molecule has 0 heterocycles. The zero-order chi connectivity index (χ0) is 11.3. The van der Waals surface area contributed by atoms with Gasteiger partial charge < -0.3 is 0 Å². The van der Waals surface area contributed by atoms with Crippen molar-refractivity contribution in [2.24, 2.45) is 0 Å². The fourth-order valence-corrected chi connectivity index (χ4v) is 1.66. The molecule has 0 spiro atoms. The minimum absolute atomic E-state index is 0.124. The van der Waals surface area contributed by atoms with Crippen molar-refractivity contribution in [2.75, 3.05) is 0 Å². The fraction of sp³-hybridized carbons (Fsp3) is 0.385. The van der Waals surface area contributed by atoms with E-state index in [2.05, 4.69) is 25.1 Å². The normalized spacial score (nSPS) is 14.3. The van der Waals surface area contributed by atoms with Crippen molar-refractivity contribution in [1.82, 2.24) is 5.32 Å². The summed E-state index contributed by atoms with van der Waals surface area (Å²) in [7, 11) is 0. The van der Waals surface area contributed by atoms with Crippen LogP contribution < -0.4 is 5.32 Å². The Labute approximate surface area is 96.8 Å². The van der Waals surface area contributed by atoms with Crippen LogP contribution in [0.3, 0.4) is 0 Å². The molecule has 1 rings (SSSR count). The van der Waals surface area contributed by atoms with E-state index in [-0.39, 0.29) is 12.1 Å². The molecule has 0 aromatic heterocycles. The summed E-state index contributed by atoms with van der Waals surface area (Å²) in [6.45, 7) is 4.16. The van der Waals surface area contributed by atoms with Crippen molar-refractivity contribution in [1.29, 1.82) is 0 Å². The van der Waals surface area contributed by atoms with Gasteiger partial charge in [0.2, 0.25) is 0 Å². The second-order valence-corrected chi connectivity index (χ2v) is 4.01. The lowest BCUT2D eigenvalue weighted by molar-refractivity contribution is 0.512. The Morgan fingerprint density at radius 1 is 1.53 bits per heavy atom. The summed E-state index contributed by atoms with van der Waals surface area (Å²) in [5.74, 6) is 2.72. The highest BCUT2D eigenvalue weighted by Crippen LogP contribution is 2.17. The topological polar surface area (TPSA) is 12.0 Å². The third kappa shape index (κ3) is 3.58. The first-order valence-electron chi connectivity index (χ1n) is 5.15. The number of halogens is 1. The van der Waals surface area contributed by atoms with Gasteiger partial charge in [-0.05, 0) is 31.0 Å². The maximum atomic E-state index is 5.93. The molecule has 0 aliphatic heterocycles. The Hall–Kier alpha value is -0.970. The zero-order valence-corrected chi connectivity index (χ0v) is 9.88. The molecular formula is C13H16ClN. The van der Waals surface area contributed by atoms with Gasteiger partial charge in [-0.15, -0.1) is 6.42 Å². The molecule has 1 N–H and O–H groups in total. The predicted molar refractivity (Wildman–Crippen MR) is 65.9 cm³/mol. The van der Waals surface area contributed by atoms with Crippen LogP contribution in [0.2, 0.25) is 5.02 Å². The summed E-state index contributed by atoms with van der Waals surface area (Å²) < 4.78 is 0. The lowest BCUT2D eigenvalue weighted by Crippen LogP contribution is -2.29. The smallest absolute Gasteiger partial charge is 0.0688 e. The highest BCUT2D eigenvalue weighted by molar-refractivity contribution is 6.30. The Bertz CT molecular complexity index is 354. The standard InChI is InChI=1S/C13H16ClN/c1-4-13(5-2)15-10(3)11-7-6-8-12(14)9-11/h1,6-10,13,15H,5H2,2-3H3. The van der Waals surface area contributed by atoms with Gasteiger partial charge in [-0.25, -0.2) is 0 Å². The van der Waals surface area contributed by atoms with Crippen LogP contribution in [0, 0.1) is 12.3 Å². The molecule has 1 nitrogen and oxygen atoms in total. The monoisotopic (exact) mass is 221 g/mol. The molecule has 0 amide bonds. The average Bonchev–Trinajstić information content (AvgIpc) is 2.25. The molecule has 2 atom stereocenters. The number of terminal acetylenes is 1. The Kier molecular flexibility index (Phi) is 4.68. The second-order valence-electron chi connectivity index (χ2n) is 3.57. The van der Waals surface area contributed by atoms with E-state index in [9.17, 15) is 0 Å². The Balaban J connectivity index is 2.69.